The van der Waals surface area contributed by atoms with Crippen LogP contribution in [0, 0.1) is 13.8 Å². The molecule has 0 aliphatic carbocycles. The first-order chi connectivity index (χ1) is 11.8. The van der Waals surface area contributed by atoms with E-state index in [1.165, 1.54) is 0 Å². The lowest BCUT2D eigenvalue weighted by molar-refractivity contribution is -0.136. The molecule has 0 fully saturated rings. The Bertz CT molecular complexity index is 753. The number of nitrogens with zero attached hydrogens (tertiary/aromatic N) is 1. The average molecular weight is 362 g/mol. The third-order valence-electron chi connectivity index (χ3n) is 3.93. The van der Waals surface area contributed by atoms with Crippen molar-refractivity contribution in [3.63, 3.8) is 0 Å². The van der Waals surface area contributed by atoms with Crippen LogP contribution in [0.15, 0.2) is 33.7 Å². The van der Waals surface area contributed by atoms with E-state index in [0.29, 0.717) is 17.0 Å². The highest BCUT2D eigenvalue weighted by Gasteiger charge is 2.20. The molecule has 1 aromatic heterocycles. The van der Waals surface area contributed by atoms with Crippen LogP contribution in [-0.2, 0) is 4.79 Å². The van der Waals surface area contributed by atoms with Crippen LogP contribution in [0.1, 0.15) is 47.1 Å². The van der Waals surface area contributed by atoms with Gasteiger partial charge in [-0.3, -0.25) is 9.59 Å². The maximum Gasteiger partial charge on any atom is 0.316 e. The van der Waals surface area contributed by atoms with Crippen LogP contribution >= 0.6 is 11.8 Å². The molecule has 6 nitrogen and oxygen atoms in total. The van der Waals surface area contributed by atoms with Crippen LogP contribution in [0.4, 0.5) is 0 Å². The van der Waals surface area contributed by atoms with E-state index in [4.69, 9.17) is 9.63 Å². The summed E-state index contributed by atoms with van der Waals surface area (Å²) < 4.78 is 5.17. The summed E-state index contributed by atoms with van der Waals surface area (Å²) in [6.45, 7) is 7.77. The van der Waals surface area contributed by atoms with Crippen LogP contribution in [-0.4, -0.2) is 33.9 Å². The van der Waals surface area contributed by atoms with Gasteiger partial charge in [0.15, 0.2) is 0 Å². The van der Waals surface area contributed by atoms with Crippen molar-refractivity contribution in [2.75, 3.05) is 6.54 Å². The molecule has 1 amide bonds. The van der Waals surface area contributed by atoms with E-state index in [1.807, 2.05) is 20.8 Å². The van der Waals surface area contributed by atoms with Gasteiger partial charge in [-0.05, 0) is 32.9 Å². The monoisotopic (exact) mass is 362 g/mol. The Morgan fingerprint density at radius 2 is 1.96 bits per heavy atom. The predicted molar refractivity (Wildman–Crippen MR) is 96.1 cm³/mol. The number of nitrogens with one attached hydrogen (secondary N) is 1. The second-order valence-electron chi connectivity index (χ2n) is 5.94. The van der Waals surface area contributed by atoms with Crippen LogP contribution in [0.5, 0.6) is 0 Å². The maximum absolute atomic E-state index is 12.5. The van der Waals surface area contributed by atoms with Crippen LogP contribution in [0.3, 0.4) is 0 Å². The lowest BCUT2D eigenvalue weighted by Gasteiger charge is -2.15. The van der Waals surface area contributed by atoms with Gasteiger partial charge >= 0.3 is 5.97 Å². The van der Waals surface area contributed by atoms with Crippen molar-refractivity contribution in [3.05, 3.63) is 46.8 Å². The fraction of sp³-hybridized carbons (Fsp3) is 0.389. The standard InChI is InChI=1S/C18H22N2O4S/c1-10(16-11(2)20-24-12(16)3)9-19-17(21)14-7-5-6-8-15(14)25-13(4)18(22)23/h5-8,10,13H,9H2,1-4H3,(H,19,21)(H,22,23). The summed E-state index contributed by atoms with van der Waals surface area (Å²) in [5, 5.41) is 15.3. The number of carbonyl (C=O) groups excluding carboxylic acids is 1. The van der Waals surface area contributed by atoms with Gasteiger partial charge in [0.05, 0.1) is 11.3 Å². The molecule has 0 aliphatic rings. The number of aliphatic carboxylic acids is 1. The number of hydrogen-bond acceptors (Lipinski definition) is 5. The Balaban J connectivity index is 2.07. The van der Waals surface area contributed by atoms with E-state index in [2.05, 4.69) is 10.5 Å². The summed E-state index contributed by atoms with van der Waals surface area (Å²) in [7, 11) is 0. The van der Waals surface area contributed by atoms with Gasteiger partial charge in [0, 0.05) is 22.9 Å². The zero-order chi connectivity index (χ0) is 18.6. The Labute approximate surface area is 151 Å². The molecule has 0 radical (unpaired) electrons. The third kappa shape index (κ3) is 4.63. The number of carboxylic acid groups (broad SMARTS) is 1. The number of carboxylic acids is 1. The largest absolute Gasteiger partial charge is 0.480 e. The molecule has 7 heteroatoms. The second-order valence-corrected chi connectivity index (χ2v) is 7.33. The molecule has 2 rings (SSSR count). The van der Waals surface area contributed by atoms with Crippen molar-refractivity contribution in [1.82, 2.24) is 10.5 Å². The summed E-state index contributed by atoms with van der Waals surface area (Å²) in [5.41, 5.74) is 2.31. The molecule has 2 atom stereocenters. The SMILES string of the molecule is Cc1noc(C)c1C(C)CNC(=O)c1ccccc1SC(C)C(=O)O. The molecule has 1 heterocycles. The molecule has 0 aliphatic heterocycles. The van der Waals surface area contributed by atoms with E-state index < -0.39 is 11.2 Å². The number of rotatable bonds is 7. The van der Waals surface area contributed by atoms with Crippen molar-refractivity contribution in [2.45, 2.75) is 43.8 Å². The first-order valence-corrected chi connectivity index (χ1v) is 8.88. The Morgan fingerprint density at radius 3 is 2.56 bits per heavy atom. The average Bonchev–Trinajstić information content (AvgIpc) is 2.91. The third-order valence-corrected chi connectivity index (χ3v) is 5.10. The molecule has 0 bridgehead atoms. The van der Waals surface area contributed by atoms with Gasteiger partial charge in [-0.25, -0.2) is 0 Å². The number of aromatic nitrogens is 1. The summed E-state index contributed by atoms with van der Waals surface area (Å²) in [5.74, 6) is -0.315. The maximum atomic E-state index is 12.5. The first kappa shape index (κ1) is 19.1. The zero-order valence-electron chi connectivity index (χ0n) is 14.7. The van der Waals surface area contributed by atoms with Crippen LogP contribution < -0.4 is 5.32 Å². The molecule has 2 N–H and O–H groups in total. The van der Waals surface area contributed by atoms with Crippen molar-refractivity contribution in [3.8, 4) is 0 Å². The molecule has 0 saturated carbocycles. The van der Waals surface area contributed by atoms with Gasteiger partial charge in [0.2, 0.25) is 0 Å². The summed E-state index contributed by atoms with van der Waals surface area (Å²) in [6.07, 6.45) is 0. The molecule has 25 heavy (non-hydrogen) atoms. The highest BCUT2D eigenvalue weighted by molar-refractivity contribution is 8.00. The topological polar surface area (TPSA) is 92.4 Å². The highest BCUT2D eigenvalue weighted by atomic mass is 32.2. The number of hydrogen-bond donors (Lipinski definition) is 2. The quantitative estimate of drug-likeness (QED) is 0.734. The van der Waals surface area contributed by atoms with Crippen LogP contribution in [0.25, 0.3) is 0 Å². The lowest BCUT2D eigenvalue weighted by atomic mass is 9.99. The van der Waals surface area contributed by atoms with E-state index in [1.54, 1.807) is 31.2 Å². The van der Waals surface area contributed by atoms with E-state index in [0.717, 1.165) is 28.8 Å². The van der Waals surface area contributed by atoms with Gasteiger partial charge in [0.25, 0.3) is 5.91 Å². The molecule has 1 aromatic carbocycles. The fourth-order valence-electron chi connectivity index (χ4n) is 2.63. The second kappa shape index (κ2) is 8.20. The van der Waals surface area contributed by atoms with Crippen LogP contribution in [0.2, 0.25) is 0 Å². The minimum Gasteiger partial charge on any atom is -0.480 e. The number of thioether (sulfide) groups is 1. The van der Waals surface area contributed by atoms with Gasteiger partial charge in [-0.1, -0.05) is 24.2 Å². The van der Waals surface area contributed by atoms with Gasteiger partial charge in [-0.2, -0.15) is 0 Å². The van der Waals surface area contributed by atoms with Crippen molar-refractivity contribution in [1.29, 1.82) is 0 Å². The smallest absolute Gasteiger partial charge is 0.316 e. The molecule has 2 aromatic rings. The van der Waals surface area contributed by atoms with Gasteiger partial charge in [-0.15, -0.1) is 11.8 Å². The Kier molecular flexibility index (Phi) is 6.25. The first-order valence-electron chi connectivity index (χ1n) is 8.00. The predicted octanol–water partition coefficient (Wildman–Crippen LogP) is 3.39. The van der Waals surface area contributed by atoms with Gasteiger partial charge in [0.1, 0.15) is 11.0 Å². The molecule has 2 unspecified atom stereocenters. The number of amides is 1. The number of aryl methyl sites for hydroxylation is 2. The van der Waals surface area contributed by atoms with E-state index >= 15 is 0 Å². The van der Waals surface area contributed by atoms with Crippen molar-refractivity contribution < 1.29 is 19.2 Å². The summed E-state index contributed by atoms with van der Waals surface area (Å²) in [4.78, 5) is 24.3. The minimum atomic E-state index is -0.910. The fourth-order valence-corrected chi connectivity index (χ4v) is 3.56. The molecule has 0 saturated heterocycles. The van der Waals surface area contributed by atoms with Gasteiger partial charge < -0.3 is 14.9 Å². The van der Waals surface area contributed by atoms with Crippen molar-refractivity contribution in [2.24, 2.45) is 0 Å². The Morgan fingerprint density at radius 1 is 1.28 bits per heavy atom. The zero-order valence-corrected chi connectivity index (χ0v) is 15.5. The lowest BCUT2D eigenvalue weighted by Crippen LogP contribution is -2.28. The highest BCUT2D eigenvalue weighted by Crippen LogP contribution is 2.27. The van der Waals surface area contributed by atoms with E-state index in [-0.39, 0.29) is 11.8 Å². The molecule has 134 valence electrons. The van der Waals surface area contributed by atoms with Crippen molar-refractivity contribution >= 4 is 23.6 Å². The normalized spacial score (nSPS) is 13.3. The summed E-state index contributed by atoms with van der Waals surface area (Å²) >= 11 is 1.16. The number of benzene rings is 1. The summed E-state index contributed by atoms with van der Waals surface area (Å²) in [6, 6.07) is 7.02. The number of carbonyl (C=O) groups is 2. The van der Waals surface area contributed by atoms with E-state index in [9.17, 15) is 9.59 Å². The minimum absolute atomic E-state index is 0.0629. The molecular formula is C18H22N2O4S. The molecule has 0 spiro atoms. The molecular weight excluding hydrogens is 340 g/mol. The Hall–Kier alpha value is -2.28.